The quantitative estimate of drug-likeness (QED) is 0.489. The third kappa shape index (κ3) is 4.45. The van der Waals surface area contributed by atoms with E-state index in [0.29, 0.717) is 0 Å². The highest BCUT2D eigenvalue weighted by Gasteiger charge is 2.27. The fourth-order valence-electron chi connectivity index (χ4n) is 2.26. The summed E-state index contributed by atoms with van der Waals surface area (Å²) in [6, 6.07) is 1.25. The lowest BCUT2D eigenvalue weighted by atomic mass is 10.2. The summed E-state index contributed by atoms with van der Waals surface area (Å²) in [7, 11) is 1.30. The van der Waals surface area contributed by atoms with Gasteiger partial charge in [-0.1, -0.05) is 0 Å². The Balaban J connectivity index is 2.13. The zero-order valence-corrected chi connectivity index (χ0v) is 13.9. The van der Waals surface area contributed by atoms with Gasteiger partial charge < -0.3 is 31.3 Å². The monoisotopic (exact) mass is 367 g/mol. The SMILES string of the molecule is CNC(=O)N[C@@H](C(N)=O)C(=O)Nc1ccc(N2CCOCC2=O)c(F)c1. The Labute approximate surface area is 147 Å². The molecule has 1 aliphatic heterocycles. The summed E-state index contributed by atoms with van der Waals surface area (Å²) in [5.41, 5.74) is 5.17. The van der Waals surface area contributed by atoms with Gasteiger partial charge in [-0.05, 0) is 18.2 Å². The van der Waals surface area contributed by atoms with Gasteiger partial charge in [-0.3, -0.25) is 14.4 Å². The molecular formula is C15H18FN5O5. The molecule has 0 radical (unpaired) electrons. The summed E-state index contributed by atoms with van der Waals surface area (Å²) in [4.78, 5) is 47.7. The van der Waals surface area contributed by atoms with E-state index >= 15 is 0 Å². The minimum atomic E-state index is -1.64. The van der Waals surface area contributed by atoms with Gasteiger partial charge in [0, 0.05) is 19.3 Å². The standard InChI is InChI=1S/C15H18FN5O5/c1-18-15(25)20-12(13(17)23)14(24)19-8-2-3-10(9(16)6-8)21-4-5-26-7-11(21)22/h2-3,6,12H,4-5,7H2,1H3,(H2,17,23)(H,19,24)(H2,18,20,25)/t12-/m0/s1. The van der Waals surface area contributed by atoms with Crippen molar-refractivity contribution in [2.45, 2.75) is 6.04 Å². The molecule has 1 aromatic rings. The molecule has 0 aliphatic carbocycles. The molecule has 0 spiro atoms. The lowest BCUT2D eigenvalue weighted by Gasteiger charge is -2.27. The van der Waals surface area contributed by atoms with E-state index in [0.717, 1.165) is 6.07 Å². The number of nitrogens with one attached hydrogen (secondary N) is 3. The molecule has 1 saturated heterocycles. The van der Waals surface area contributed by atoms with Crippen molar-refractivity contribution >= 4 is 35.1 Å². The minimum absolute atomic E-state index is 0.0296. The lowest BCUT2D eigenvalue weighted by Crippen LogP contribution is -2.53. The molecule has 10 nitrogen and oxygen atoms in total. The van der Waals surface area contributed by atoms with E-state index in [1.807, 2.05) is 0 Å². The van der Waals surface area contributed by atoms with Crippen LogP contribution in [-0.4, -0.2) is 56.6 Å². The predicted octanol–water partition coefficient (Wildman–Crippen LogP) is -1.09. The number of rotatable bonds is 5. The van der Waals surface area contributed by atoms with Crippen LogP contribution in [0, 0.1) is 5.82 Å². The number of amides is 5. The number of halogens is 1. The third-order valence-electron chi connectivity index (χ3n) is 3.54. The van der Waals surface area contributed by atoms with Crippen LogP contribution in [0.3, 0.4) is 0 Å². The summed E-state index contributed by atoms with van der Waals surface area (Å²) in [6.07, 6.45) is 0. The average molecular weight is 367 g/mol. The minimum Gasteiger partial charge on any atom is -0.370 e. The first-order valence-corrected chi connectivity index (χ1v) is 7.59. The summed E-state index contributed by atoms with van der Waals surface area (Å²) >= 11 is 0. The van der Waals surface area contributed by atoms with Crippen LogP contribution in [0.2, 0.25) is 0 Å². The third-order valence-corrected chi connectivity index (χ3v) is 3.54. The van der Waals surface area contributed by atoms with Gasteiger partial charge in [0.15, 0.2) is 6.04 Å². The van der Waals surface area contributed by atoms with Gasteiger partial charge in [-0.25, -0.2) is 9.18 Å². The van der Waals surface area contributed by atoms with Crippen molar-refractivity contribution in [1.82, 2.24) is 10.6 Å². The molecule has 1 fully saturated rings. The molecule has 0 aromatic heterocycles. The van der Waals surface area contributed by atoms with Crippen molar-refractivity contribution in [2.24, 2.45) is 5.73 Å². The molecule has 2 rings (SSSR count). The fourth-order valence-corrected chi connectivity index (χ4v) is 2.26. The van der Waals surface area contributed by atoms with Gasteiger partial charge in [0.05, 0.1) is 12.3 Å². The molecule has 26 heavy (non-hydrogen) atoms. The Morgan fingerprint density at radius 2 is 2.08 bits per heavy atom. The highest BCUT2D eigenvalue weighted by Crippen LogP contribution is 2.24. The van der Waals surface area contributed by atoms with Crippen molar-refractivity contribution in [2.75, 3.05) is 37.0 Å². The molecule has 5 N–H and O–H groups in total. The van der Waals surface area contributed by atoms with Crippen LogP contribution in [0.4, 0.5) is 20.6 Å². The van der Waals surface area contributed by atoms with E-state index in [1.165, 1.54) is 24.1 Å². The van der Waals surface area contributed by atoms with Crippen LogP contribution in [0.15, 0.2) is 18.2 Å². The number of morpholine rings is 1. The predicted molar refractivity (Wildman–Crippen MR) is 88.8 cm³/mol. The van der Waals surface area contributed by atoms with Crippen molar-refractivity contribution in [3.05, 3.63) is 24.0 Å². The van der Waals surface area contributed by atoms with Crippen LogP contribution in [0.5, 0.6) is 0 Å². The fraction of sp³-hybridized carbons (Fsp3) is 0.333. The molecule has 11 heteroatoms. The van der Waals surface area contributed by atoms with Crippen molar-refractivity contribution in [3.8, 4) is 0 Å². The van der Waals surface area contributed by atoms with E-state index in [-0.39, 0.29) is 37.0 Å². The number of hydrogen-bond acceptors (Lipinski definition) is 5. The van der Waals surface area contributed by atoms with Gasteiger partial charge in [0.25, 0.3) is 11.8 Å². The molecule has 140 valence electrons. The summed E-state index contributed by atoms with van der Waals surface area (Å²) in [5.74, 6) is -3.14. The summed E-state index contributed by atoms with van der Waals surface area (Å²) < 4.78 is 19.3. The maximum Gasteiger partial charge on any atom is 0.315 e. The highest BCUT2D eigenvalue weighted by molar-refractivity contribution is 6.11. The molecule has 1 aromatic carbocycles. The maximum atomic E-state index is 14.3. The van der Waals surface area contributed by atoms with Crippen molar-refractivity contribution < 1.29 is 28.3 Å². The Morgan fingerprint density at radius 1 is 1.35 bits per heavy atom. The van der Waals surface area contributed by atoms with Crippen molar-refractivity contribution in [1.29, 1.82) is 0 Å². The van der Waals surface area contributed by atoms with Gasteiger partial charge in [0.2, 0.25) is 5.91 Å². The second-order valence-electron chi connectivity index (χ2n) is 5.31. The highest BCUT2D eigenvalue weighted by atomic mass is 19.1. The van der Waals surface area contributed by atoms with Gasteiger partial charge >= 0.3 is 6.03 Å². The average Bonchev–Trinajstić information content (AvgIpc) is 2.60. The Hall–Kier alpha value is -3.21. The molecule has 1 atom stereocenters. The van der Waals surface area contributed by atoms with E-state index < -0.39 is 29.7 Å². The zero-order valence-electron chi connectivity index (χ0n) is 13.9. The topological polar surface area (TPSA) is 143 Å². The second kappa shape index (κ2) is 8.25. The van der Waals surface area contributed by atoms with Gasteiger partial charge in [-0.15, -0.1) is 0 Å². The number of primary amides is 1. The van der Waals surface area contributed by atoms with E-state index in [1.54, 1.807) is 0 Å². The number of nitrogens with zero attached hydrogens (tertiary/aromatic N) is 1. The van der Waals surface area contributed by atoms with Crippen molar-refractivity contribution in [3.63, 3.8) is 0 Å². The Bertz CT molecular complexity index is 741. The van der Waals surface area contributed by atoms with Crippen LogP contribution in [0.1, 0.15) is 0 Å². The smallest absolute Gasteiger partial charge is 0.315 e. The molecule has 1 aliphatic rings. The van der Waals surface area contributed by atoms with E-state index in [9.17, 15) is 23.6 Å². The number of hydrogen-bond donors (Lipinski definition) is 4. The maximum absolute atomic E-state index is 14.3. The molecule has 5 amide bonds. The molecule has 0 bridgehead atoms. The van der Waals surface area contributed by atoms with Crippen LogP contribution in [-0.2, 0) is 19.1 Å². The summed E-state index contributed by atoms with van der Waals surface area (Å²) in [6.45, 7) is 0.361. The largest absolute Gasteiger partial charge is 0.370 e. The summed E-state index contributed by atoms with van der Waals surface area (Å²) in [5, 5.41) is 6.54. The first-order chi connectivity index (χ1) is 12.3. The van der Waals surface area contributed by atoms with E-state index in [2.05, 4.69) is 16.0 Å². The molecule has 0 saturated carbocycles. The molecular weight excluding hydrogens is 349 g/mol. The number of carbonyl (C=O) groups is 4. The Morgan fingerprint density at radius 3 is 2.65 bits per heavy atom. The number of urea groups is 1. The first-order valence-electron chi connectivity index (χ1n) is 7.59. The number of carbonyl (C=O) groups excluding carboxylic acids is 4. The first kappa shape index (κ1) is 19.1. The second-order valence-corrected chi connectivity index (χ2v) is 5.31. The van der Waals surface area contributed by atoms with E-state index in [4.69, 9.17) is 10.5 Å². The van der Waals surface area contributed by atoms with Crippen LogP contribution >= 0.6 is 0 Å². The number of ether oxygens (including phenoxy) is 1. The molecule has 0 unspecified atom stereocenters. The molecule has 1 heterocycles. The van der Waals surface area contributed by atoms with Crippen LogP contribution < -0.4 is 26.6 Å². The number of nitrogens with two attached hydrogens (primary N) is 1. The normalized spacial score (nSPS) is 15.2. The lowest BCUT2D eigenvalue weighted by molar-refractivity contribution is -0.128. The Kier molecular flexibility index (Phi) is 6.07. The van der Waals surface area contributed by atoms with Gasteiger partial charge in [-0.2, -0.15) is 0 Å². The zero-order chi connectivity index (χ0) is 19.3. The number of benzene rings is 1. The van der Waals surface area contributed by atoms with Gasteiger partial charge in [0.1, 0.15) is 12.4 Å². The number of anilines is 2. The van der Waals surface area contributed by atoms with Crippen LogP contribution in [0.25, 0.3) is 0 Å².